The summed E-state index contributed by atoms with van der Waals surface area (Å²) >= 11 is 0. The van der Waals surface area contributed by atoms with E-state index in [4.69, 9.17) is 0 Å². The summed E-state index contributed by atoms with van der Waals surface area (Å²) in [6.07, 6.45) is 2.65. The molecule has 1 unspecified atom stereocenters. The van der Waals surface area contributed by atoms with Crippen LogP contribution >= 0.6 is 0 Å². The van der Waals surface area contributed by atoms with E-state index in [1.807, 2.05) is 65.6 Å². The molecule has 180 valence electrons. The Hall–Kier alpha value is -3.74. The highest BCUT2D eigenvalue weighted by Gasteiger charge is 2.37. The third kappa shape index (κ3) is 5.34. The summed E-state index contributed by atoms with van der Waals surface area (Å²) in [5.74, 6) is -0.122. The molecule has 1 aliphatic carbocycles. The van der Waals surface area contributed by atoms with Crippen molar-refractivity contribution >= 4 is 28.6 Å². The van der Waals surface area contributed by atoms with Gasteiger partial charge in [0.05, 0.1) is 18.0 Å². The Morgan fingerprint density at radius 2 is 1.66 bits per heavy atom. The van der Waals surface area contributed by atoms with Gasteiger partial charge in [-0.05, 0) is 37.0 Å². The fraction of sp³-hybridized carbons (Fsp3) is 0.357. The monoisotopic (exact) mass is 470 g/mol. The smallest absolute Gasteiger partial charge is 0.272 e. The van der Waals surface area contributed by atoms with E-state index < -0.39 is 0 Å². The highest BCUT2D eigenvalue weighted by atomic mass is 16.2. The Morgan fingerprint density at radius 3 is 2.46 bits per heavy atom. The lowest BCUT2D eigenvalue weighted by Gasteiger charge is -2.32. The standard InChI is InChI=1S/C28H30N4O3/c33-26-19-25(21-8-2-1-3-9-21)32(27(34)22-11-12-22)17-6-16-31(18-15-29-26)28(35)24-14-13-20-7-4-5-10-23(20)30-24/h1-5,7-10,13-14,22,25H,6,11-12,15-19H2,(H,29,33). The van der Waals surface area contributed by atoms with E-state index in [2.05, 4.69) is 10.3 Å². The van der Waals surface area contributed by atoms with Crippen molar-refractivity contribution in [1.82, 2.24) is 20.1 Å². The Kier molecular flexibility index (Phi) is 6.75. The summed E-state index contributed by atoms with van der Waals surface area (Å²) < 4.78 is 0. The molecule has 7 nitrogen and oxygen atoms in total. The van der Waals surface area contributed by atoms with Crippen molar-refractivity contribution in [3.63, 3.8) is 0 Å². The minimum atomic E-state index is -0.311. The van der Waals surface area contributed by atoms with E-state index in [1.165, 1.54) is 0 Å². The van der Waals surface area contributed by atoms with Crippen LogP contribution in [0.5, 0.6) is 0 Å². The number of nitrogens with one attached hydrogen (secondary N) is 1. The predicted molar refractivity (Wildman–Crippen MR) is 134 cm³/mol. The van der Waals surface area contributed by atoms with Crippen LogP contribution in [-0.4, -0.2) is 58.7 Å². The van der Waals surface area contributed by atoms with Crippen LogP contribution in [0, 0.1) is 5.92 Å². The van der Waals surface area contributed by atoms with Crippen LogP contribution in [0.25, 0.3) is 10.9 Å². The molecule has 7 heteroatoms. The van der Waals surface area contributed by atoms with Crippen LogP contribution in [0.4, 0.5) is 0 Å². The molecule has 0 radical (unpaired) electrons. The van der Waals surface area contributed by atoms with Crippen molar-refractivity contribution in [2.24, 2.45) is 5.92 Å². The minimum absolute atomic E-state index is 0.0499. The Labute approximate surface area is 205 Å². The molecule has 2 aromatic carbocycles. The first-order valence-electron chi connectivity index (χ1n) is 12.4. The first-order chi connectivity index (χ1) is 17.1. The Balaban J connectivity index is 1.38. The molecule has 0 bridgehead atoms. The molecule has 1 aromatic heterocycles. The molecular formula is C28H30N4O3. The van der Waals surface area contributed by atoms with E-state index in [0.29, 0.717) is 38.3 Å². The summed E-state index contributed by atoms with van der Waals surface area (Å²) in [4.78, 5) is 47.7. The fourth-order valence-corrected chi connectivity index (χ4v) is 4.74. The van der Waals surface area contributed by atoms with Gasteiger partial charge in [0.25, 0.3) is 5.91 Å². The predicted octanol–water partition coefficient (Wildman–Crippen LogP) is 3.57. The van der Waals surface area contributed by atoms with E-state index >= 15 is 0 Å². The SMILES string of the molecule is O=C1CC(c2ccccc2)N(C(=O)C2CC2)CCCN(C(=O)c2ccc3ccccc3n2)CCN1. The van der Waals surface area contributed by atoms with Crippen LogP contribution in [0.2, 0.25) is 0 Å². The van der Waals surface area contributed by atoms with Crippen molar-refractivity contribution in [1.29, 1.82) is 0 Å². The lowest BCUT2D eigenvalue weighted by molar-refractivity contribution is -0.136. The van der Waals surface area contributed by atoms with E-state index in [-0.39, 0.29) is 36.1 Å². The number of nitrogens with zero attached hydrogens (tertiary/aromatic N) is 3. The van der Waals surface area contributed by atoms with Gasteiger partial charge in [-0.25, -0.2) is 4.98 Å². The molecular weight excluding hydrogens is 440 g/mol. The van der Waals surface area contributed by atoms with Crippen molar-refractivity contribution in [2.75, 3.05) is 26.2 Å². The second-order valence-electron chi connectivity index (χ2n) is 9.32. The van der Waals surface area contributed by atoms with Gasteiger partial charge in [0.15, 0.2) is 0 Å². The molecule has 35 heavy (non-hydrogen) atoms. The molecule has 5 rings (SSSR count). The number of benzene rings is 2. The Bertz CT molecular complexity index is 1230. The molecule has 1 saturated heterocycles. The number of pyridine rings is 1. The quantitative estimate of drug-likeness (QED) is 0.635. The van der Waals surface area contributed by atoms with E-state index in [1.54, 1.807) is 11.0 Å². The van der Waals surface area contributed by atoms with Crippen LogP contribution in [0.3, 0.4) is 0 Å². The third-order valence-corrected chi connectivity index (χ3v) is 6.78. The second kappa shape index (κ2) is 10.3. The number of fused-ring (bicyclic) bond motifs is 1. The average molecular weight is 471 g/mol. The van der Waals surface area contributed by atoms with Crippen LogP contribution in [0.15, 0.2) is 66.7 Å². The van der Waals surface area contributed by atoms with Gasteiger partial charge in [0, 0.05) is 37.5 Å². The first kappa shape index (κ1) is 23.0. The average Bonchev–Trinajstić information content (AvgIpc) is 3.74. The van der Waals surface area contributed by atoms with Gasteiger partial charge in [-0.3, -0.25) is 14.4 Å². The van der Waals surface area contributed by atoms with Gasteiger partial charge in [-0.15, -0.1) is 0 Å². The first-order valence-corrected chi connectivity index (χ1v) is 12.4. The normalized spacial score (nSPS) is 19.7. The van der Waals surface area contributed by atoms with E-state index in [9.17, 15) is 14.4 Å². The minimum Gasteiger partial charge on any atom is -0.354 e. The van der Waals surface area contributed by atoms with Crippen LogP contribution < -0.4 is 5.32 Å². The van der Waals surface area contributed by atoms with Crippen molar-refractivity contribution in [3.05, 3.63) is 78.0 Å². The zero-order chi connectivity index (χ0) is 24.2. The Morgan fingerprint density at radius 1 is 0.886 bits per heavy atom. The molecule has 2 aliphatic rings. The molecule has 3 amide bonds. The number of hydrogen-bond acceptors (Lipinski definition) is 4. The fourth-order valence-electron chi connectivity index (χ4n) is 4.74. The molecule has 0 spiro atoms. The van der Waals surface area contributed by atoms with Gasteiger partial charge >= 0.3 is 0 Å². The topological polar surface area (TPSA) is 82.6 Å². The number of para-hydroxylation sites is 1. The zero-order valence-electron chi connectivity index (χ0n) is 19.7. The molecule has 3 aromatic rings. The van der Waals surface area contributed by atoms with Crippen molar-refractivity contribution < 1.29 is 14.4 Å². The summed E-state index contributed by atoms with van der Waals surface area (Å²) in [6, 6.07) is 20.8. The molecule has 1 aliphatic heterocycles. The van der Waals surface area contributed by atoms with Gasteiger partial charge in [0.1, 0.15) is 5.69 Å². The number of carbonyl (C=O) groups excluding carboxylic acids is 3. The molecule has 2 heterocycles. The van der Waals surface area contributed by atoms with Gasteiger partial charge in [-0.2, -0.15) is 0 Å². The molecule has 1 atom stereocenters. The number of aromatic nitrogens is 1. The highest BCUT2D eigenvalue weighted by Crippen LogP contribution is 2.35. The van der Waals surface area contributed by atoms with Crippen molar-refractivity contribution in [2.45, 2.75) is 31.7 Å². The lowest BCUT2D eigenvalue weighted by Crippen LogP contribution is -2.39. The van der Waals surface area contributed by atoms with Gasteiger partial charge in [-0.1, -0.05) is 54.6 Å². The third-order valence-electron chi connectivity index (χ3n) is 6.78. The summed E-state index contributed by atoms with van der Waals surface area (Å²) in [7, 11) is 0. The van der Waals surface area contributed by atoms with Crippen molar-refractivity contribution in [3.8, 4) is 0 Å². The molecule has 1 N–H and O–H groups in total. The van der Waals surface area contributed by atoms with Gasteiger partial charge < -0.3 is 15.1 Å². The summed E-state index contributed by atoms with van der Waals surface area (Å²) in [6.45, 7) is 1.73. The highest BCUT2D eigenvalue weighted by molar-refractivity contribution is 5.95. The maximum Gasteiger partial charge on any atom is 0.272 e. The number of amides is 3. The van der Waals surface area contributed by atoms with Crippen LogP contribution in [-0.2, 0) is 9.59 Å². The number of rotatable bonds is 3. The maximum absolute atomic E-state index is 13.4. The number of hydrogen-bond donors (Lipinski definition) is 1. The van der Waals surface area contributed by atoms with Gasteiger partial charge in [0.2, 0.25) is 11.8 Å². The zero-order valence-corrected chi connectivity index (χ0v) is 19.7. The van der Waals surface area contributed by atoms with E-state index in [0.717, 1.165) is 29.3 Å². The maximum atomic E-state index is 13.4. The number of carbonyl (C=O) groups is 3. The lowest BCUT2D eigenvalue weighted by atomic mass is 10.0. The van der Waals surface area contributed by atoms with Crippen LogP contribution in [0.1, 0.15) is 47.8 Å². The molecule has 1 saturated carbocycles. The second-order valence-corrected chi connectivity index (χ2v) is 9.32. The summed E-state index contributed by atoms with van der Waals surface area (Å²) in [5, 5.41) is 3.94. The summed E-state index contributed by atoms with van der Waals surface area (Å²) in [5.41, 5.74) is 2.12. The largest absolute Gasteiger partial charge is 0.354 e. The molecule has 2 fully saturated rings.